The van der Waals surface area contributed by atoms with Crippen molar-refractivity contribution in [2.24, 2.45) is 0 Å². The molecule has 0 N–H and O–H groups in total. The first kappa shape index (κ1) is 19.5. The summed E-state index contributed by atoms with van der Waals surface area (Å²) in [6.45, 7) is 11.8. The summed E-state index contributed by atoms with van der Waals surface area (Å²) < 4.78 is 6.81. The van der Waals surface area contributed by atoms with Gasteiger partial charge in [-0.1, -0.05) is 81.4 Å². The lowest BCUT2D eigenvalue weighted by molar-refractivity contribution is 0.304. The average molecular weight is 351 g/mol. The Balaban J connectivity index is 2.47. The second-order valence-corrected chi connectivity index (χ2v) is 12.0. The summed E-state index contributed by atoms with van der Waals surface area (Å²) in [7, 11) is -2.38. The molecule has 0 spiro atoms. The molecule has 25 heavy (non-hydrogen) atoms. The Labute approximate surface area is 154 Å². The summed E-state index contributed by atoms with van der Waals surface area (Å²) in [6.07, 6.45) is 2.98. The molecule has 2 heteroatoms. The molecular formula is C23H30OSi. The van der Waals surface area contributed by atoms with Gasteiger partial charge in [-0.15, -0.1) is 5.73 Å². The van der Waals surface area contributed by atoms with Crippen molar-refractivity contribution in [3.05, 3.63) is 78.0 Å². The largest absolute Gasteiger partial charge is 0.407 e. The topological polar surface area (TPSA) is 9.23 Å². The zero-order valence-electron chi connectivity index (χ0n) is 16.2. The molecule has 2 rings (SSSR count). The summed E-state index contributed by atoms with van der Waals surface area (Å²) in [5.41, 5.74) is 4.48. The molecule has 0 radical (unpaired) electrons. The highest BCUT2D eigenvalue weighted by molar-refractivity contribution is 6.99. The standard InChI is InChI=1S/C23H30OSi/c1-20(2)14-12-13-19-24-25(23(3,4)5,21-15-8-6-9-16-21)22-17-10-7-11-18-22/h6-12,15-18H,13,19H2,1-5H3. The zero-order valence-corrected chi connectivity index (χ0v) is 17.2. The van der Waals surface area contributed by atoms with Crippen molar-refractivity contribution in [3.8, 4) is 0 Å². The van der Waals surface area contributed by atoms with E-state index in [1.807, 2.05) is 0 Å². The second-order valence-electron chi connectivity index (χ2n) is 7.65. The van der Waals surface area contributed by atoms with Crippen LogP contribution < -0.4 is 10.4 Å². The third kappa shape index (κ3) is 4.61. The normalized spacial score (nSPS) is 11.7. The Morgan fingerprint density at radius 2 is 1.40 bits per heavy atom. The van der Waals surface area contributed by atoms with Gasteiger partial charge in [0.15, 0.2) is 0 Å². The zero-order chi connectivity index (χ0) is 18.3. The highest BCUT2D eigenvalue weighted by Gasteiger charge is 2.49. The van der Waals surface area contributed by atoms with Crippen molar-refractivity contribution in [1.29, 1.82) is 0 Å². The summed E-state index contributed by atoms with van der Waals surface area (Å²) >= 11 is 0. The van der Waals surface area contributed by atoms with Crippen LogP contribution in [0.15, 0.2) is 78.0 Å². The van der Waals surface area contributed by atoms with Gasteiger partial charge in [-0.2, -0.15) is 0 Å². The van der Waals surface area contributed by atoms with E-state index in [0.717, 1.165) is 6.42 Å². The van der Waals surface area contributed by atoms with Crippen LogP contribution in [-0.4, -0.2) is 14.9 Å². The minimum Gasteiger partial charge on any atom is -0.407 e. The van der Waals surface area contributed by atoms with Gasteiger partial charge in [0, 0.05) is 6.61 Å². The molecule has 0 aromatic heterocycles. The van der Waals surface area contributed by atoms with Crippen molar-refractivity contribution in [2.45, 2.75) is 46.1 Å². The molecule has 1 nitrogen and oxygen atoms in total. The van der Waals surface area contributed by atoms with Crippen LogP contribution in [0, 0.1) is 0 Å². The van der Waals surface area contributed by atoms with E-state index in [2.05, 4.69) is 107 Å². The van der Waals surface area contributed by atoms with Crippen LogP contribution >= 0.6 is 0 Å². The molecule has 2 aromatic carbocycles. The Hall–Kier alpha value is -1.86. The van der Waals surface area contributed by atoms with Gasteiger partial charge < -0.3 is 4.43 Å². The molecule has 0 fully saturated rings. The maximum Gasteiger partial charge on any atom is 0.261 e. The van der Waals surface area contributed by atoms with E-state index in [1.54, 1.807) is 0 Å². The maximum absolute atomic E-state index is 6.81. The summed E-state index contributed by atoms with van der Waals surface area (Å²) in [6, 6.07) is 21.6. The monoisotopic (exact) mass is 350 g/mol. The van der Waals surface area contributed by atoms with Crippen LogP contribution in [0.1, 0.15) is 41.0 Å². The van der Waals surface area contributed by atoms with Gasteiger partial charge in [-0.3, -0.25) is 0 Å². The Morgan fingerprint density at radius 1 is 0.920 bits per heavy atom. The highest BCUT2D eigenvalue weighted by Crippen LogP contribution is 2.36. The van der Waals surface area contributed by atoms with Crippen LogP contribution in [0.3, 0.4) is 0 Å². The summed E-state index contributed by atoms with van der Waals surface area (Å²) in [4.78, 5) is 0. The minimum atomic E-state index is -2.38. The van der Waals surface area contributed by atoms with Gasteiger partial charge in [-0.25, -0.2) is 0 Å². The van der Waals surface area contributed by atoms with Gasteiger partial charge in [0.1, 0.15) is 0 Å². The average Bonchev–Trinajstić information content (AvgIpc) is 2.58. The van der Waals surface area contributed by atoms with Gasteiger partial charge >= 0.3 is 0 Å². The van der Waals surface area contributed by atoms with Crippen molar-refractivity contribution >= 4 is 18.7 Å². The smallest absolute Gasteiger partial charge is 0.261 e. The summed E-state index contributed by atoms with van der Waals surface area (Å²) in [5.74, 6) is 0. The molecule has 0 atom stereocenters. The predicted molar refractivity (Wildman–Crippen MR) is 111 cm³/mol. The van der Waals surface area contributed by atoms with Crippen molar-refractivity contribution in [1.82, 2.24) is 0 Å². The molecule has 0 aliphatic carbocycles. The maximum atomic E-state index is 6.81. The second kappa shape index (κ2) is 8.49. The van der Waals surface area contributed by atoms with Crippen LogP contribution in [0.4, 0.5) is 0 Å². The van der Waals surface area contributed by atoms with Crippen LogP contribution in [0.2, 0.25) is 5.04 Å². The lowest BCUT2D eigenvalue weighted by Crippen LogP contribution is -2.66. The van der Waals surface area contributed by atoms with E-state index in [9.17, 15) is 0 Å². The third-order valence-corrected chi connectivity index (χ3v) is 9.43. The van der Waals surface area contributed by atoms with E-state index >= 15 is 0 Å². The molecule has 0 heterocycles. The molecular weight excluding hydrogens is 320 g/mol. The highest BCUT2D eigenvalue weighted by atomic mass is 28.4. The Morgan fingerprint density at radius 3 is 1.80 bits per heavy atom. The fourth-order valence-electron chi connectivity index (χ4n) is 3.31. The number of hydrogen-bond acceptors (Lipinski definition) is 1. The first-order valence-corrected chi connectivity index (χ1v) is 10.9. The lowest BCUT2D eigenvalue weighted by atomic mass is 10.2. The molecule has 2 aromatic rings. The molecule has 132 valence electrons. The van der Waals surface area contributed by atoms with Gasteiger partial charge in [-0.05, 0) is 47.3 Å². The fourth-order valence-corrected chi connectivity index (χ4v) is 7.89. The molecule has 0 bridgehead atoms. The quantitative estimate of drug-likeness (QED) is 0.401. The van der Waals surface area contributed by atoms with Gasteiger partial charge in [0.2, 0.25) is 0 Å². The SMILES string of the molecule is CC(C)=C=CCCO[Si](c1ccccc1)(c1ccccc1)C(C)(C)C. The minimum absolute atomic E-state index is 0.0376. The van der Waals surface area contributed by atoms with Gasteiger partial charge in [0.05, 0.1) is 0 Å². The molecule has 0 amide bonds. The lowest BCUT2D eigenvalue weighted by Gasteiger charge is -2.43. The third-order valence-electron chi connectivity index (χ3n) is 4.39. The molecule has 0 aliphatic heterocycles. The van der Waals surface area contributed by atoms with E-state index in [0.29, 0.717) is 6.61 Å². The number of hydrogen-bond donors (Lipinski definition) is 0. The van der Waals surface area contributed by atoms with E-state index in [4.69, 9.17) is 4.43 Å². The first-order valence-electron chi connectivity index (χ1n) is 9.01. The van der Waals surface area contributed by atoms with Crippen molar-refractivity contribution in [3.63, 3.8) is 0 Å². The van der Waals surface area contributed by atoms with E-state index in [1.165, 1.54) is 15.9 Å². The van der Waals surface area contributed by atoms with Crippen molar-refractivity contribution in [2.75, 3.05) is 6.61 Å². The van der Waals surface area contributed by atoms with Crippen LogP contribution in [-0.2, 0) is 4.43 Å². The Bertz CT molecular complexity index is 676. The first-order chi connectivity index (χ1) is 11.9. The fraction of sp³-hybridized carbons (Fsp3) is 0.348. The van der Waals surface area contributed by atoms with Crippen LogP contribution in [0.25, 0.3) is 0 Å². The number of rotatable bonds is 6. The Kier molecular flexibility index (Phi) is 6.61. The summed E-state index contributed by atoms with van der Waals surface area (Å²) in [5, 5.41) is 2.70. The van der Waals surface area contributed by atoms with Crippen molar-refractivity contribution < 1.29 is 4.43 Å². The van der Waals surface area contributed by atoms with Crippen LogP contribution in [0.5, 0.6) is 0 Å². The van der Waals surface area contributed by atoms with E-state index in [-0.39, 0.29) is 5.04 Å². The predicted octanol–water partition coefficient (Wildman–Crippen LogP) is 5.07. The molecule has 0 unspecified atom stereocenters. The van der Waals surface area contributed by atoms with Gasteiger partial charge in [0.25, 0.3) is 8.32 Å². The molecule has 0 aliphatic rings. The molecule has 0 saturated carbocycles. The molecule has 0 saturated heterocycles. The van der Waals surface area contributed by atoms with E-state index < -0.39 is 8.32 Å². The number of benzene rings is 2.